The van der Waals surface area contributed by atoms with Crippen LogP contribution >= 0.6 is 12.4 Å². The van der Waals surface area contributed by atoms with Gasteiger partial charge in [0.15, 0.2) is 0 Å². The van der Waals surface area contributed by atoms with E-state index in [9.17, 15) is 14.7 Å². The SMILES string of the molecule is CC(C)C[C@H](N)C(=O)Nc1cc(NC(=O)/C=C/c2ccco2)ccc1O.Cl. The number of benzene rings is 1. The zero-order valence-corrected chi connectivity index (χ0v) is 16.0. The Labute approximate surface area is 164 Å². The number of amides is 2. The van der Waals surface area contributed by atoms with Gasteiger partial charge in [-0.05, 0) is 48.7 Å². The lowest BCUT2D eigenvalue weighted by molar-refractivity contribution is -0.117. The quantitative estimate of drug-likeness (QED) is 0.327. The second-order valence-electron chi connectivity index (χ2n) is 6.30. The highest BCUT2D eigenvalue weighted by Crippen LogP contribution is 2.27. The maximum atomic E-state index is 12.1. The fraction of sp³-hybridized carbons (Fsp3) is 0.263. The van der Waals surface area contributed by atoms with E-state index in [1.165, 1.54) is 36.6 Å². The average molecular weight is 394 g/mol. The third-order valence-electron chi connectivity index (χ3n) is 3.53. The van der Waals surface area contributed by atoms with E-state index >= 15 is 0 Å². The molecule has 2 amide bonds. The summed E-state index contributed by atoms with van der Waals surface area (Å²) >= 11 is 0. The number of rotatable bonds is 7. The number of hydrogen-bond acceptors (Lipinski definition) is 5. The van der Waals surface area contributed by atoms with E-state index in [4.69, 9.17) is 10.2 Å². The second kappa shape index (κ2) is 10.4. The molecule has 5 N–H and O–H groups in total. The van der Waals surface area contributed by atoms with Gasteiger partial charge in [-0.15, -0.1) is 12.4 Å². The predicted molar refractivity (Wildman–Crippen MR) is 108 cm³/mol. The van der Waals surface area contributed by atoms with E-state index < -0.39 is 11.9 Å². The summed E-state index contributed by atoms with van der Waals surface area (Å²) in [5.74, 6) is -0.0517. The summed E-state index contributed by atoms with van der Waals surface area (Å²) in [6.07, 6.45) is 4.89. The average Bonchev–Trinajstić information content (AvgIpc) is 3.09. The topological polar surface area (TPSA) is 118 Å². The summed E-state index contributed by atoms with van der Waals surface area (Å²) in [4.78, 5) is 24.1. The third kappa shape index (κ3) is 7.16. The molecule has 0 saturated heterocycles. The van der Waals surface area contributed by atoms with Crippen molar-refractivity contribution in [3.8, 4) is 5.75 Å². The van der Waals surface area contributed by atoms with Gasteiger partial charge in [0.05, 0.1) is 18.0 Å². The van der Waals surface area contributed by atoms with Crippen LogP contribution in [0.25, 0.3) is 6.08 Å². The molecule has 8 heteroatoms. The van der Waals surface area contributed by atoms with E-state index in [-0.39, 0.29) is 35.7 Å². The summed E-state index contributed by atoms with van der Waals surface area (Å²) in [6, 6.07) is 7.14. The minimum atomic E-state index is -0.677. The molecule has 146 valence electrons. The molecule has 0 radical (unpaired) electrons. The molecule has 7 nitrogen and oxygen atoms in total. The zero-order chi connectivity index (χ0) is 19.1. The van der Waals surface area contributed by atoms with Crippen LogP contribution in [-0.2, 0) is 9.59 Å². The Morgan fingerprint density at radius 2 is 2.00 bits per heavy atom. The summed E-state index contributed by atoms with van der Waals surface area (Å²) in [7, 11) is 0. The molecule has 2 aromatic rings. The number of anilines is 2. The van der Waals surface area contributed by atoms with Gasteiger partial charge in [-0.1, -0.05) is 13.8 Å². The van der Waals surface area contributed by atoms with E-state index in [0.29, 0.717) is 17.9 Å². The van der Waals surface area contributed by atoms with Crippen LogP contribution in [0.3, 0.4) is 0 Å². The number of carbonyl (C=O) groups excluding carboxylic acids is 2. The Morgan fingerprint density at radius 3 is 2.63 bits per heavy atom. The van der Waals surface area contributed by atoms with Gasteiger partial charge in [-0.2, -0.15) is 0 Å². The van der Waals surface area contributed by atoms with Crippen LogP contribution in [-0.4, -0.2) is 23.0 Å². The fourth-order valence-electron chi connectivity index (χ4n) is 2.28. The van der Waals surface area contributed by atoms with Crippen molar-refractivity contribution >= 4 is 41.7 Å². The molecule has 1 aromatic heterocycles. The van der Waals surface area contributed by atoms with Crippen molar-refractivity contribution in [2.75, 3.05) is 10.6 Å². The summed E-state index contributed by atoms with van der Waals surface area (Å²) in [5.41, 5.74) is 6.44. The molecule has 0 spiro atoms. The van der Waals surface area contributed by atoms with Gasteiger partial charge in [0, 0.05) is 11.8 Å². The summed E-state index contributed by atoms with van der Waals surface area (Å²) in [5, 5.41) is 15.1. The minimum absolute atomic E-state index is 0. The van der Waals surface area contributed by atoms with E-state index in [1.807, 2.05) is 13.8 Å². The van der Waals surface area contributed by atoms with Crippen LogP contribution in [0.1, 0.15) is 26.0 Å². The second-order valence-corrected chi connectivity index (χ2v) is 6.30. The molecule has 2 rings (SSSR count). The molecule has 0 unspecified atom stereocenters. The monoisotopic (exact) mass is 393 g/mol. The highest BCUT2D eigenvalue weighted by atomic mass is 35.5. The minimum Gasteiger partial charge on any atom is -0.506 e. The molecular weight excluding hydrogens is 370 g/mol. The molecule has 0 aliphatic heterocycles. The third-order valence-corrected chi connectivity index (χ3v) is 3.53. The number of phenols is 1. The van der Waals surface area contributed by atoms with Crippen molar-refractivity contribution in [1.29, 1.82) is 0 Å². The number of nitrogens with two attached hydrogens (primary N) is 1. The number of furan rings is 1. The van der Waals surface area contributed by atoms with E-state index in [2.05, 4.69) is 10.6 Å². The lowest BCUT2D eigenvalue weighted by Crippen LogP contribution is -2.36. The molecule has 1 heterocycles. The number of aromatic hydroxyl groups is 1. The molecule has 0 fully saturated rings. The largest absolute Gasteiger partial charge is 0.506 e. The first-order valence-corrected chi connectivity index (χ1v) is 8.27. The molecule has 1 atom stereocenters. The molecular formula is C19H24ClN3O4. The first-order chi connectivity index (χ1) is 12.3. The van der Waals surface area contributed by atoms with Crippen molar-refractivity contribution in [2.24, 2.45) is 11.7 Å². The van der Waals surface area contributed by atoms with Gasteiger partial charge in [0.1, 0.15) is 11.5 Å². The van der Waals surface area contributed by atoms with Crippen LogP contribution in [0, 0.1) is 5.92 Å². The van der Waals surface area contributed by atoms with Crippen molar-refractivity contribution in [3.63, 3.8) is 0 Å². The molecule has 0 aliphatic rings. The maximum absolute atomic E-state index is 12.1. The number of phenolic OH excluding ortho intramolecular Hbond substituents is 1. The highest BCUT2D eigenvalue weighted by molar-refractivity contribution is 6.03. The zero-order valence-electron chi connectivity index (χ0n) is 15.1. The fourth-order valence-corrected chi connectivity index (χ4v) is 2.28. The number of hydrogen-bond donors (Lipinski definition) is 4. The van der Waals surface area contributed by atoms with Gasteiger partial charge < -0.3 is 25.9 Å². The van der Waals surface area contributed by atoms with Crippen LogP contribution in [0.15, 0.2) is 47.1 Å². The molecule has 0 saturated carbocycles. The molecule has 27 heavy (non-hydrogen) atoms. The van der Waals surface area contributed by atoms with Crippen LogP contribution < -0.4 is 16.4 Å². The Balaban J connectivity index is 0.00000364. The first kappa shape index (κ1) is 22.3. The van der Waals surface area contributed by atoms with Crippen molar-refractivity contribution in [1.82, 2.24) is 0 Å². The van der Waals surface area contributed by atoms with Crippen LogP contribution in [0.5, 0.6) is 5.75 Å². The van der Waals surface area contributed by atoms with Gasteiger partial charge in [-0.25, -0.2) is 0 Å². The molecule has 0 bridgehead atoms. The first-order valence-electron chi connectivity index (χ1n) is 8.27. The van der Waals surface area contributed by atoms with E-state index in [0.717, 1.165) is 0 Å². The number of carbonyl (C=O) groups is 2. The Bertz CT molecular complexity index is 788. The summed E-state index contributed by atoms with van der Waals surface area (Å²) in [6.45, 7) is 3.94. The highest BCUT2D eigenvalue weighted by Gasteiger charge is 2.16. The lowest BCUT2D eigenvalue weighted by atomic mass is 10.0. The predicted octanol–water partition coefficient (Wildman–Crippen LogP) is 3.37. The number of halogens is 1. The van der Waals surface area contributed by atoms with Gasteiger partial charge >= 0.3 is 0 Å². The van der Waals surface area contributed by atoms with Gasteiger partial charge in [-0.3, -0.25) is 9.59 Å². The number of nitrogens with one attached hydrogen (secondary N) is 2. The Hall–Kier alpha value is -2.77. The van der Waals surface area contributed by atoms with Crippen LogP contribution in [0.4, 0.5) is 11.4 Å². The van der Waals surface area contributed by atoms with Crippen molar-refractivity contribution < 1.29 is 19.1 Å². The molecule has 0 aliphatic carbocycles. The smallest absolute Gasteiger partial charge is 0.248 e. The van der Waals surface area contributed by atoms with Crippen molar-refractivity contribution in [2.45, 2.75) is 26.3 Å². The Kier molecular flexibility index (Phi) is 8.58. The lowest BCUT2D eigenvalue weighted by Gasteiger charge is -2.15. The summed E-state index contributed by atoms with van der Waals surface area (Å²) < 4.78 is 5.10. The normalized spacial score (nSPS) is 11.9. The standard InChI is InChI=1S/C19H23N3O4.ClH/c1-12(2)10-15(20)19(25)22-16-11-13(5-7-17(16)23)21-18(24)8-6-14-4-3-9-26-14;/h3-9,11-12,15,23H,10,20H2,1-2H3,(H,21,24)(H,22,25);1H/b8-6+;/t15-;/m0./s1. The van der Waals surface area contributed by atoms with Gasteiger partial charge in [0.25, 0.3) is 0 Å². The molecule has 1 aromatic carbocycles. The maximum Gasteiger partial charge on any atom is 0.248 e. The van der Waals surface area contributed by atoms with E-state index in [1.54, 1.807) is 12.1 Å². The Morgan fingerprint density at radius 1 is 1.26 bits per heavy atom. The van der Waals surface area contributed by atoms with Crippen LogP contribution in [0.2, 0.25) is 0 Å². The van der Waals surface area contributed by atoms with Gasteiger partial charge in [0.2, 0.25) is 11.8 Å². The van der Waals surface area contributed by atoms with Crippen molar-refractivity contribution in [3.05, 3.63) is 48.4 Å².